The lowest BCUT2D eigenvalue weighted by molar-refractivity contribution is 0.105. The normalized spacial score (nSPS) is 15.2. The molecule has 0 saturated carbocycles. The molecule has 0 radical (unpaired) electrons. The molecule has 1 heterocycles. The average molecular weight is 446 g/mol. The van der Waals surface area contributed by atoms with E-state index in [4.69, 9.17) is 14.6 Å². The zero-order valence-corrected chi connectivity index (χ0v) is 17.9. The molecule has 9 nitrogen and oxygen atoms in total. The number of piperidine rings is 1. The second kappa shape index (κ2) is 12.0. The highest BCUT2D eigenvalue weighted by atomic mass is 16.5. The van der Waals surface area contributed by atoms with Gasteiger partial charge in [-0.2, -0.15) is 0 Å². The summed E-state index contributed by atoms with van der Waals surface area (Å²) in [7, 11) is 0. The first-order chi connectivity index (χ1) is 15.5. The number of amides is 1. The van der Waals surface area contributed by atoms with Crippen LogP contribution in [0.4, 0.5) is 10.5 Å². The fraction of sp³-hybridized carbons (Fsp3) is 0.435. The van der Waals surface area contributed by atoms with Gasteiger partial charge >= 0.3 is 6.09 Å². The van der Waals surface area contributed by atoms with Crippen molar-refractivity contribution in [2.24, 2.45) is 0 Å². The molecule has 0 unspecified atom stereocenters. The summed E-state index contributed by atoms with van der Waals surface area (Å²) in [5, 5.41) is 34.8. The van der Waals surface area contributed by atoms with Crippen molar-refractivity contribution in [3.63, 3.8) is 0 Å². The Morgan fingerprint density at radius 3 is 2.31 bits per heavy atom. The van der Waals surface area contributed by atoms with Crippen LogP contribution in [0.1, 0.15) is 12.8 Å². The van der Waals surface area contributed by atoms with E-state index in [1.807, 2.05) is 24.3 Å². The van der Waals surface area contributed by atoms with Gasteiger partial charge in [-0.25, -0.2) is 4.79 Å². The first-order valence-electron chi connectivity index (χ1n) is 10.8. The number of nitrogens with zero attached hydrogens (tertiary/aromatic N) is 1. The molecule has 3 rings (SSSR count). The van der Waals surface area contributed by atoms with Crippen LogP contribution >= 0.6 is 0 Å². The summed E-state index contributed by atoms with van der Waals surface area (Å²) in [5.41, 5.74) is 0.987. The Morgan fingerprint density at radius 2 is 1.66 bits per heavy atom. The van der Waals surface area contributed by atoms with Gasteiger partial charge in [0, 0.05) is 37.9 Å². The van der Waals surface area contributed by atoms with Crippen molar-refractivity contribution in [3.8, 4) is 17.2 Å². The number of phenols is 1. The molecule has 1 aliphatic rings. The van der Waals surface area contributed by atoms with E-state index in [1.165, 1.54) is 17.0 Å². The van der Waals surface area contributed by atoms with Crippen LogP contribution in [0.5, 0.6) is 17.2 Å². The van der Waals surface area contributed by atoms with Crippen molar-refractivity contribution in [1.82, 2.24) is 10.2 Å². The van der Waals surface area contributed by atoms with Gasteiger partial charge in [0.15, 0.2) is 0 Å². The summed E-state index contributed by atoms with van der Waals surface area (Å²) in [6.07, 6.45) is 0.0808. The highest BCUT2D eigenvalue weighted by Crippen LogP contribution is 2.20. The van der Waals surface area contributed by atoms with Crippen LogP contribution in [-0.2, 0) is 0 Å². The number of aliphatic hydroxyl groups excluding tert-OH is 1. The van der Waals surface area contributed by atoms with E-state index in [1.54, 1.807) is 12.1 Å². The largest absolute Gasteiger partial charge is 0.508 e. The number of nitrogens with one attached hydrogen (secondary N) is 2. The van der Waals surface area contributed by atoms with Crippen molar-refractivity contribution in [3.05, 3.63) is 48.5 Å². The molecule has 32 heavy (non-hydrogen) atoms. The minimum absolute atomic E-state index is 0.155. The molecule has 1 atom stereocenters. The van der Waals surface area contributed by atoms with Crippen LogP contribution < -0.4 is 20.1 Å². The van der Waals surface area contributed by atoms with Gasteiger partial charge < -0.3 is 40.3 Å². The summed E-state index contributed by atoms with van der Waals surface area (Å²) >= 11 is 0. The van der Waals surface area contributed by atoms with Gasteiger partial charge in [-0.3, -0.25) is 0 Å². The smallest absolute Gasteiger partial charge is 0.407 e. The molecule has 0 aliphatic carbocycles. The predicted octanol–water partition coefficient (Wildman–Crippen LogP) is 2.35. The summed E-state index contributed by atoms with van der Waals surface area (Å²) in [6.45, 7) is 2.69. The van der Waals surface area contributed by atoms with E-state index in [-0.39, 0.29) is 18.4 Å². The van der Waals surface area contributed by atoms with Crippen LogP contribution in [0.3, 0.4) is 0 Å². The minimum Gasteiger partial charge on any atom is -0.508 e. The lowest BCUT2D eigenvalue weighted by Gasteiger charge is -2.31. The van der Waals surface area contributed by atoms with Crippen molar-refractivity contribution in [2.75, 3.05) is 44.7 Å². The number of ether oxygens (including phenoxy) is 2. The minimum atomic E-state index is -0.851. The maximum absolute atomic E-state index is 11.0. The SMILES string of the molecule is O=C(O)N1CCC(Nc2ccc(OCCNC[C@H](O)COc3ccc(O)cc3)cc2)CC1. The Balaban J connectivity index is 1.26. The Hall–Kier alpha value is -3.17. The Kier molecular flexibility index (Phi) is 8.82. The molecule has 1 fully saturated rings. The number of rotatable bonds is 11. The molecule has 2 aromatic rings. The maximum atomic E-state index is 11.0. The number of benzene rings is 2. The molecule has 2 aromatic carbocycles. The highest BCUT2D eigenvalue weighted by Gasteiger charge is 2.21. The van der Waals surface area contributed by atoms with Crippen LogP contribution in [0.25, 0.3) is 0 Å². The number of hydrogen-bond donors (Lipinski definition) is 5. The van der Waals surface area contributed by atoms with Gasteiger partial charge in [-0.15, -0.1) is 0 Å². The summed E-state index contributed by atoms with van der Waals surface area (Å²) in [4.78, 5) is 12.4. The standard InChI is InChI=1S/C23H31N3O6/c27-19-3-7-22(8-4-19)32-16-20(28)15-24-11-14-31-21-5-1-17(2-6-21)25-18-9-12-26(13-10-18)23(29)30/h1-8,18,20,24-25,27-28H,9-16H2,(H,29,30)/t20-/m0/s1. The van der Waals surface area contributed by atoms with Crippen molar-refractivity contribution < 1.29 is 29.6 Å². The molecule has 9 heteroatoms. The van der Waals surface area contributed by atoms with Gasteiger partial charge in [0.2, 0.25) is 0 Å². The monoisotopic (exact) mass is 445 g/mol. The summed E-state index contributed by atoms with van der Waals surface area (Å²) < 4.78 is 11.2. The number of carbonyl (C=O) groups is 1. The third-order valence-corrected chi connectivity index (χ3v) is 5.20. The molecule has 0 spiro atoms. The number of phenolic OH excluding ortho intramolecular Hbond substituents is 1. The van der Waals surface area contributed by atoms with Crippen molar-refractivity contribution in [1.29, 1.82) is 0 Å². The topological polar surface area (TPSA) is 124 Å². The Bertz CT molecular complexity index is 823. The van der Waals surface area contributed by atoms with Gasteiger partial charge in [-0.1, -0.05) is 0 Å². The number of carboxylic acid groups (broad SMARTS) is 1. The highest BCUT2D eigenvalue weighted by molar-refractivity contribution is 5.65. The Morgan fingerprint density at radius 1 is 1.03 bits per heavy atom. The molecule has 1 saturated heterocycles. The van der Waals surface area contributed by atoms with Gasteiger partial charge in [0.25, 0.3) is 0 Å². The van der Waals surface area contributed by atoms with E-state index >= 15 is 0 Å². The molecule has 0 bridgehead atoms. The second-order valence-corrected chi connectivity index (χ2v) is 7.72. The predicted molar refractivity (Wildman–Crippen MR) is 121 cm³/mol. The van der Waals surface area contributed by atoms with E-state index < -0.39 is 12.2 Å². The van der Waals surface area contributed by atoms with Crippen LogP contribution in [0, 0.1) is 0 Å². The number of aromatic hydroxyl groups is 1. The number of hydrogen-bond acceptors (Lipinski definition) is 7. The van der Waals surface area contributed by atoms with Crippen LogP contribution in [-0.4, -0.2) is 77.9 Å². The van der Waals surface area contributed by atoms with Gasteiger partial charge in [0.05, 0.1) is 0 Å². The summed E-state index contributed by atoms with van der Waals surface area (Å²) in [5.74, 6) is 1.52. The molecule has 1 amide bonds. The van der Waals surface area contributed by atoms with Crippen molar-refractivity contribution >= 4 is 11.8 Å². The van der Waals surface area contributed by atoms with Gasteiger partial charge in [-0.05, 0) is 61.4 Å². The zero-order chi connectivity index (χ0) is 22.8. The number of aliphatic hydroxyl groups is 1. The average Bonchev–Trinajstić information content (AvgIpc) is 2.80. The maximum Gasteiger partial charge on any atom is 0.407 e. The first-order valence-corrected chi connectivity index (χ1v) is 10.8. The van der Waals surface area contributed by atoms with E-state index in [9.17, 15) is 15.0 Å². The summed E-state index contributed by atoms with van der Waals surface area (Å²) in [6, 6.07) is 14.3. The molecule has 0 aromatic heterocycles. The third-order valence-electron chi connectivity index (χ3n) is 5.20. The molecule has 1 aliphatic heterocycles. The van der Waals surface area contributed by atoms with Crippen LogP contribution in [0.2, 0.25) is 0 Å². The molecular formula is C23H31N3O6. The van der Waals surface area contributed by atoms with E-state index in [2.05, 4.69) is 10.6 Å². The fourth-order valence-electron chi connectivity index (χ4n) is 3.40. The van der Waals surface area contributed by atoms with Gasteiger partial charge in [0.1, 0.15) is 36.6 Å². The number of anilines is 1. The molecular weight excluding hydrogens is 414 g/mol. The quantitative estimate of drug-likeness (QED) is 0.334. The number of likely N-dealkylation sites (tertiary alicyclic amines) is 1. The third kappa shape index (κ3) is 7.82. The molecule has 174 valence electrons. The lowest BCUT2D eigenvalue weighted by Crippen LogP contribution is -2.41. The fourth-order valence-corrected chi connectivity index (χ4v) is 3.40. The lowest BCUT2D eigenvalue weighted by atomic mass is 10.1. The zero-order valence-electron chi connectivity index (χ0n) is 17.9. The molecule has 5 N–H and O–H groups in total. The Labute approximate surface area is 187 Å². The van der Waals surface area contributed by atoms with E-state index in [0.717, 1.165) is 24.3 Å². The van der Waals surface area contributed by atoms with Crippen LogP contribution in [0.15, 0.2) is 48.5 Å². The van der Waals surface area contributed by atoms with Crippen molar-refractivity contribution in [2.45, 2.75) is 25.0 Å². The first kappa shape index (κ1) is 23.5. The van der Waals surface area contributed by atoms with E-state index in [0.29, 0.717) is 38.5 Å². The second-order valence-electron chi connectivity index (χ2n) is 7.72.